The van der Waals surface area contributed by atoms with E-state index in [0.717, 1.165) is 0 Å². The molecule has 4 heteroatoms. The van der Waals surface area contributed by atoms with Crippen LogP contribution in [0.5, 0.6) is 0 Å². The summed E-state index contributed by atoms with van der Waals surface area (Å²) in [6, 6.07) is 0. The summed E-state index contributed by atoms with van der Waals surface area (Å²) in [4.78, 5) is 0. The third kappa shape index (κ3) is 0.790. The molecule has 0 fully saturated rings. The lowest BCUT2D eigenvalue weighted by molar-refractivity contribution is 0.690. The lowest BCUT2D eigenvalue weighted by Gasteiger charge is -1.84. The molecule has 0 saturated heterocycles. The Hall–Kier alpha value is -0.640. The van der Waals surface area contributed by atoms with Crippen molar-refractivity contribution in [1.29, 1.82) is 0 Å². The molecule has 0 aromatic rings. The van der Waals surface area contributed by atoms with Gasteiger partial charge in [-0.25, -0.2) is 4.21 Å². The maximum absolute atomic E-state index is 10.4. The molecule has 0 radical (unpaired) electrons. The summed E-state index contributed by atoms with van der Waals surface area (Å²) in [7, 11) is -1.18. The molecule has 0 spiro atoms. The Labute approximate surface area is 49.9 Å². The Balaban J connectivity index is 2.98. The van der Waals surface area contributed by atoms with Gasteiger partial charge in [-0.15, -0.1) is 0 Å². The van der Waals surface area contributed by atoms with Crippen LogP contribution in [0.15, 0.2) is 15.5 Å². The summed E-state index contributed by atoms with van der Waals surface area (Å²) in [5.74, 6) is 0. The second-order valence-electron chi connectivity index (χ2n) is 1.53. The molecule has 44 valence electrons. The molecular weight excluding hydrogens is 124 g/mol. The first-order valence-electron chi connectivity index (χ1n) is 2.14. The first kappa shape index (κ1) is 5.50. The second-order valence-corrected chi connectivity index (χ2v) is 2.50. The van der Waals surface area contributed by atoms with E-state index < -0.39 is 11.0 Å². The smallest absolute Gasteiger partial charge is 0.167 e. The minimum absolute atomic E-state index is 0.531. The van der Waals surface area contributed by atoms with Crippen molar-refractivity contribution in [2.45, 2.75) is 6.92 Å². The average molecular weight is 130 g/mol. The maximum atomic E-state index is 10.4. The van der Waals surface area contributed by atoms with Gasteiger partial charge in [0.25, 0.3) is 0 Å². The minimum Gasteiger partial charge on any atom is -0.397 e. The van der Waals surface area contributed by atoms with Gasteiger partial charge in [0.1, 0.15) is 0 Å². The molecule has 3 nitrogen and oxygen atoms in total. The fourth-order valence-corrected chi connectivity index (χ4v) is 1.22. The normalized spacial score (nSPS) is 27.4. The Bertz CT molecular complexity index is 174. The predicted molar refractivity (Wildman–Crippen MR) is 33.5 cm³/mol. The Kier molecular flexibility index (Phi) is 1.17. The molecule has 0 aromatic carbocycles. The van der Waals surface area contributed by atoms with Crippen LogP contribution < -0.4 is 5.73 Å². The summed E-state index contributed by atoms with van der Waals surface area (Å²) in [5.41, 5.74) is 6.51. The van der Waals surface area contributed by atoms with Crippen LogP contribution in [-0.2, 0) is 11.0 Å². The fraction of sp³-hybridized carbons (Fsp3) is 0.250. The minimum atomic E-state index is -1.18. The zero-order valence-corrected chi connectivity index (χ0v) is 5.23. The van der Waals surface area contributed by atoms with Crippen LogP contribution in [0, 0.1) is 0 Å². The fourth-order valence-electron chi connectivity index (χ4n) is 0.408. The largest absolute Gasteiger partial charge is 0.397 e. The van der Waals surface area contributed by atoms with Gasteiger partial charge in [0.15, 0.2) is 11.0 Å². The highest BCUT2D eigenvalue weighted by Gasteiger charge is 2.06. The molecule has 0 amide bonds. The van der Waals surface area contributed by atoms with Crippen molar-refractivity contribution in [2.24, 2.45) is 10.1 Å². The molecule has 1 rings (SSSR count). The highest BCUT2D eigenvalue weighted by atomic mass is 32.2. The van der Waals surface area contributed by atoms with Crippen molar-refractivity contribution in [2.75, 3.05) is 0 Å². The third-order valence-corrected chi connectivity index (χ3v) is 1.78. The average Bonchev–Trinajstić information content (AvgIpc) is 1.85. The third-order valence-electron chi connectivity index (χ3n) is 0.872. The van der Waals surface area contributed by atoms with Gasteiger partial charge in [0.2, 0.25) is 0 Å². The van der Waals surface area contributed by atoms with E-state index in [2.05, 4.69) is 4.40 Å². The molecule has 2 N–H and O–H groups in total. The number of hydrogen-bond acceptors (Lipinski definition) is 2. The van der Waals surface area contributed by atoms with Crippen LogP contribution in [0.3, 0.4) is 0 Å². The van der Waals surface area contributed by atoms with Crippen molar-refractivity contribution < 1.29 is 4.21 Å². The topological polar surface area (TPSA) is 55.5 Å². The van der Waals surface area contributed by atoms with Gasteiger partial charge in [0.05, 0.1) is 16.8 Å². The number of nitrogens with zero attached hydrogens (tertiary/aromatic N) is 1. The molecular formula is C4H6N2OS. The van der Waals surface area contributed by atoms with Crippen molar-refractivity contribution >= 4 is 16.7 Å². The lowest BCUT2D eigenvalue weighted by atomic mass is 10.4. The summed E-state index contributed by atoms with van der Waals surface area (Å²) in [6.07, 6.45) is 0. The van der Waals surface area contributed by atoms with E-state index in [4.69, 9.17) is 5.73 Å². The lowest BCUT2D eigenvalue weighted by Crippen LogP contribution is -2.02. The maximum Gasteiger partial charge on any atom is 0.167 e. The van der Waals surface area contributed by atoms with Gasteiger partial charge < -0.3 is 5.73 Å². The van der Waals surface area contributed by atoms with Crippen LogP contribution in [0.2, 0.25) is 0 Å². The Morgan fingerprint density at radius 3 is 2.62 bits per heavy atom. The molecule has 8 heavy (non-hydrogen) atoms. The number of allylic oxidation sites excluding steroid dienone is 1. The highest BCUT2D eigenvalue weighted by Crippen LogP contribution is 2.03. The zero-order chi connectivity index (χ0) is 6.15. The second kappa shape index (κ2) is 1.70. The van der Waals surface area contributed by atoms with E-state index >= 15 is 0 Å². The van der Waals surface area contributed by atoms with Gasteiger partial charge >= 0.3 is 0 Å². The van der Waals surface area contributed by atoms with Gasteiger partial charge in [-0.3, -0.25) is 0 Å². The van der Waals surface area contributed by atoms with Crippen LogP contribution in [-0.4, -0.2) is 9.92 Å². The molecule has 0 saturated carbocycles. The van der Waals surface area contributed by atoms with Gasteiger partial charge in [-0.05, 0) is 6.92 Å². The van der Waals surface area contributed by atoms with Gasteiger partial charge in [-0.2, -0.15) is 4.40 Å². The monoisotopic (exact) mass is 130 g/mol. The van der Waals surface area contributed by atoms with Crippen molar-refractivity contribution in [1.82, 2.24) is 0 Å². The summed E-state index contributed by atoms with van der Waals surface area (Å²) >= 11 is 0. The molecule has 1 aliphatic rings. The zero-order valence-electron chi connectivity index (χ0n) is 4.42. The van der Waals surface area contributed by atoms with Gasteiger partial charge in [0, 0.05) is 0 Å². The van der Waals surface area contributed by atoms with Crippen LogP contribution in [0.25, 0.3) is 0 Å². The van der Waals surface area contributed by atoms with Crippen molar-refractivity contribution in [3.63, 3.8) is 0 Å². The van der Waals surface area contributed by atoms with Crippen LogP contribution in [0.4, 0.5) is 0 Å². The van der Waals surface area contributed by atoms with E-state index in [1.165, 1.54) is 5.41 Å². The SMILES string of the molecule is CC1=NS(=O)C=C1N. The quantitative estimate of drug-likeness (QED) is 0.499. The van der Waals surface area contributed by atoms with Crippen LogP contribution >= 0.6 is 0 Å². The van der Waals surface area contributed by atoms with E-state index in [-0.39, 0.29) is 0 Å². The van der Waals surface area contributed by atoms with Crippen LogP contribution in [0.1, 0.15) is 6.92 Å². The Morgan fingerprint density at radius 1 is 1.88 bits per heavy atom. The predicted octanol–water partition coefficient (Wildman–Crippen LogP) is -0.0753. The number of nitrogens with two attached hydrogens (primary N) is 1. The van der Waals surface area contributed by atoms with Crippen molar-refractivity contribution in [3.05, 3.63) is 11.1 Å². The number of hydrogen-bond donors (Lipinski definition) is 1. The summed E-state index contributed by atoms with van der Waals surface area (Å²) < 4.78 is 14.1. The van der Waals surface area contributed by atoms with E-state index in [1.807, 2.05) is 0 Å². The first-order chi connectivity index (χ1) is 3.70. The molecule has 0 aromatic heterocycles. The Morgan fingerprint density at radius 2 is 2.50 bits per heavy atom. The standard InChI is InChI=1S/C4H6N2OS/c1-3-4(5)2-8(7)6-3/h2H,5H2,1H3. The molecule has 1 aliphatic heterocycles. The molecule has 1 unspecified atom stereocenters. The highest BCUT2D eigenvalue weighted by molar-refractivity contribution is 7.87. The first-order valence-corrected chi connectivity index (χ1v) is 3.31. The van der Waals surface area contributed by atoms with E-state index in [1.54, 1.807) is 6.92 Å². The van der Waals surface area contributed by atoms with E-state index in [0.29, 0.717) is 11.4 Å². The van der Waals surface area contributed by atoms with E-state index in [9.17, 15) is 4.21 Å². The number of rotatable bonds is 0. The summed E-state index contributed by atoms with van der Waals surface area (Å²) in [6.45, 7) is 1.73. The molecule has 1 heterocycles. The molecule has 0 aliphatic carbocycles. The van der Waals surface area contributed by atoms with Crippen molar-refractivity contribution in [3.8, 4) is 0 Å². The van der Waals surface area contributed by atoms with Gasteiger partial charge in [-0.1, -0.05) is 0 Å². The molecule has 0 bridgehead atoms. The molecule has 1 atom stereocenters. The summed E-state index contributed by atoms with van der Waals surface area (Å²) in [5, 5.41) is 1.43.